The molecule has 1 fully saturated rings. The average molecular weight is 235 g/mol. The molecule has 1 heterocycles. The predicted molar refractivity (Wildman–Crippen MR) is 68.2 cm³/mol. The van der Waals surface area contributed by atoms with Gasteiger partial charge in [0.2, 0.25) is 0 Å². The fourth-order valence-electron chi connectivity index (χ4n) is 2.56. The largest absolute Gasteiger partial charge is 0.496 e. The van der Waals surface area contributed by atoms with E-state index in [1.165, 1.54) is 17.5 Å². The number of rotatable bonds is 4. The average Bonchev–Trinajstić information content (AvgIpc) is 2.77. The van der Waals surface area contributed by atoms with E-state index in [1.807, 2.05) is 6.07 Å². The first-order valence-corrected chi connectivity index (χ1v) is 6.23. The number of nitrogens with zero attached hydrogens (tertiary/aromatic N) is 1. The van der Waals surface area contributed by atoms with Crippen LogP contribution in [0.25, 0.3) is 0 Å². The van der Waals surface area contributed by atoms with E-state index < -0.39 is 0 Å². The second kappa shape index (κ2) is 5.52. The number of ether oxygens (including phenoxy) is 1. The van der Waals surface area contributed by atoms with Crippen LogP contribution >= 0.6 is 0 Å². The zero-order valence-corrected chi connectivity index (χ0v) is 10.6. The molecule has 0 spiro atoms. The van der Waals surface area contributed by atoms with E-state index in [0.29, 0.717) is 6.04 Å². The van der Waals surface area contributed by atoms with E-state index in [4.69, 9.17) is 4.74 Å². The van der Waals surface area contributed by atoms with Gasteiger partial charge in [0.05, 0.1) is 13.7 Å². The fraction of sp³-hybridized carbons (Fsp3) is 0.571. The molecule has 3 nitrogen and oxygen atoms in total. The van der Waals surface area contributed by atoms with Crippen molar-refractivity contribution in [2.75, 3.05) is 20.3 Å². The smallest absolute Gasteiger partial charge is 0.123 e. The number of methoxy groups -OCH3 is 1. The van der Waals surface area contributed by atoms with Crippen LogP contribution in [0.5, 0.6) is 5.75 Å². The molecule has 0 aromatic heterocycles. The number of likely N-dealkylation sites (tertiary alicyclic amines) is 1. The minimum Gasteiger partial charge on any atom is -0.496 e. The molecule has 0 amide bonds. The Morgan fingerprint density at radius 1 is 1.47 bits per heavy atom. The van der Waals surface area contributed by atoms with Crippen LogP contribution in [0.2, 0.25) is 0 Å². The van der Waals surface area contributed by atoms with Gasteiger partial charge in [-0.05, 0) is 32.4 Å². The normalized spacial score (nSPS) is 20.8. The summed E-state index contributed by atoms with van der Waals surface area (Å²) in [5, 5.41) is 9.32. The third-order valence-corrected chi connectivity index (χ3v) is 3.52. The Morgan fingerprint density at radius 3 is 3.00 bits per heavy atom. The summed E-state index contributed by atoms with van der Waals surface area (Å²) >= 11 is 0. The van der Waals surface area contributed by atoms with E-state index in [0.717, 1.165) is 25.3 Å². The van der Waals surface area contributed by atoms with Crippen LogP contribution in [0.15, 0.2) is 18.2 Å². The molecule has 1 unspecified atom stereocenters. The fourth-order valence-corrected chi connectivity index (χ4v) is 2.56. The second-order valence-electron chi connectivity index (χ2n) is 4.76. The van der Waals surface area contributed by atoms with Crippen molar-refractivity contribution < 1.29 is 9.84 Å². The summed E-state index contributed by atoms with van der Waals surface area (Å²) in [5.41, 5.74) is 2.47. The third kappa shape index (κ3) is 2.79. The molecule has 1 aliphatic rings. The van der Waals surface area contributed by atoms with Gasteiger partial charge < -0.3 is 9.84 Å². The molecule has 0 saturated carbocycles. The highest BCUT2D eigenvalue weighted by Crippen LogP contribution is 2.25. The topological polar surface area (TPSA) is 32.7 Å². The number of aliphatic hydroxyl groups is 1. The van der Waals surface area contributed by atoms with Crippen molar-refractivity contribution >= 4 is 0 Å². The molecule has 2 rings (SSSR count). The van der Waals surface area contributed by atoms with Gasteiger partial charge in [0, 0.05) is 18.2 Å². The van der Waals surface area contributed by atoms with Gasteiger partial charge in [0.1, 0.15) is 5.75 Å². The Labute approximate surface area is 103 Å². The van der Waals surface area contributed by atoms with Crippen LogP contribution < -0.4 is 4.74 Å². The third-order valence-electron chi connectivity index (χ3n) is 3.52. The SMILES string of the molecule is COc1ccc(C)cc1CN1CCCC1CO. The van der Waals surface area contributed by atoms with Crippen LogP contribution in [-0.4, -0.2) is 36.3 Å². The zero-order valence-electron chi connectivity index (χ0n) is 10.6. The molecule has 1 saturated heterocycles. The maximum atomic E-state index is 9.32. The van der Waals surface area contributed by atoms with Crippen molar-refractivity contribution in [2.24, 2.45) is 0 Å². The van der Waals surface area contributed by atoms with Gasteiger partial charge >= 0.3 is 0 Å². The Morgan fingerprint density at radius 2 is 2.29 bits per heavy atom. The molecule has 0 radical (unpaired) electrons. The van der Waals surface area contributed by atoms with Crippen molar-refractivity contribution in [2.45, 2.75) is 32.4 Å². The monoisotopic (exact) mass is 235 g/mol. The first-order valence-electron chi connectivity index (χ1n) is 6.23. The van der Waals surface area contributed by atoms with Crippen molar-refractivity contribution in [3.05, 3.63) is 29.3 Å². The van der Waals surface area contributed by atoms with E-state index >= 15 is 0 Å². The predicted octanol–water partition coefficient (Wildman–Crippen LogP) is 1.96. The summed E-state index contributed by atoms with van der Waals surface area (Å²) in [6, 6.07) is 6.58. The summed E-state index contributed by atoms with van der Waals surface area (Å²) in [6.45, 7) is 4.29. The minimum absolute atomic E-state index is 0.258. The molecular weight excluding hydrogens is 214 g/mol. The highest BCUT2D eigenvalue weighted by molar-refractivity contribution is 5.36. The number of hydrogen-bond acceptors (Lipinski definition) is 3. The Balaban J connectivity index is 2.14. The lowest BCUT2D eigenvalue weighted by Crippen LogP contribution is -2.31. The number of aryl methyl sites for hydroxylation is 1. The molecular formula is C14H21NO2. The Kier molecular flexibility index (Phi) is 4.02. The van der Waals surface area contributed by atoms with Crippen LogP contribution in [0, 0.1) is 6.92 Å². The lowest BCUT2D eigenvalue weighted by molar-refractivity contribution is 0.152. The van der Waals surface area contributed by atoms with Crippen LogP contribution in [0.4, 0.5) is 0 Å². The first kappa shape index (κ1) is 12.4. The highest BCUT2D eigenvalue weighted by atomic mass is 16.5. The molecule has 3 heteroatoms. The van der Waals surface area contributed by atoms with Crippen LogP contribution in [0.3, 0.4) is 0 Å². The molecule has 1 N–H and O–H groups in total. The standard InChI is InChI=1S/C14H21NO2/c1-11-5-6-14(17-2)12(8-11)9-15-7-3-4-13(15)10-16/h5-6,8,13,16H,3-4,7,9-10H2,1-2H3. The van der Waals surface area contributed by atoms with Gasteiger partial charge in [-0.2, -0.15) is 0 Å². The Bertz CT molecular complexity index is 378. The van der Waals surface area contributed by atoms with E-state index in [2.05, 4.69) is 24.0 Å². The molecule has 0 aliphatic carbocycles. The molecule has 1 aromatic carbocycles. The van der Waals surface area contributed by atoms with Crippen molar-refractivity contribution in [3.8, 4) is 5.75 Å². The zero-order chi connectivity index (χ0) is 12.3. The van der Waals surface area contributed by atoms with E-state index in [1.54, 1.807) is 7.11 Å². The van der Waals surface area contributed by atoms with Crippen molar-refractivity contribution in [3.63, 3.8) is 0 Å². The lowest BCUT2D eigenvalue weighted by atomic mass is 10.1. The summed E-state index contributed by atoms with van der Waals surface area (Å²) in [4.78, 5) is 2.34. The number of aliphatic hydroxyl groups excluding tert-OH is 1. The van der Waals surface area contributed by atoms with Crippen molar-refractivity contribution in [1.29, 1.82) is 0 Å². The molecule has 17 heavy (non-hydrogen) atoms. The van der Waals surface area contributed by atoms with Gasteiger partial charge in [-0.25, -0.2) is 0 Å². The lowest BCUT2D eigenvalue weighted by Gasteiger charge is -2.23. The molecule has 0 bridgehead atoms. The number of benzene rings is 1. The van der Waals surface area contributed by atoms with Gasteiger partial charge in [-0.3, -0.25) is 4.90 Å². The van der Waals surface area contributed by atoms with Crippen LogP contribution in [-0.2, 0) is 6.54 Å². The van der Waals surface area contributed by atoms with Crippen molar-refractivity contribution in [1.82, 2.24) is 4.90 Å². The summed E-state index contributed by atoms with van der Waals surface area (Å²) in [7, 11) is 1.71. The second-order valence-corrected chi connectivity index (χ2v) is 4.76. The molecule has 1 aliphatic heterocycles. The number of hydrogen-bond donors (Lipinski definition) is 1. The minimum atomic E-state index is 0.258. The van der Waals surface area contributed by atoms with Gasteiger partial charge in [0.25, 0.3) is 0 Å². The maximum absolute atomic E-state index is 9.32. The summed E-state index contributed by atoms with van der Waals surface area (Å²) < 4.78 is 5.39. The van der Waals surface area contributed by atoms with E-state index in [-0.39, 0.29) is 6.61 Å². The summed E-state index contributed by atoms with van der Waals surface area (Å²) in [6.07, 6.45) is 2.28. The quantitative estimate of drug-likeness (QED) is 0.866. The van der Waals surface area contributed by atoms with Gasteiger partial charge in [0.15, 0.2) is 0 Å². The highest BCUT2D eigenvalue weighted by Gasteiger charge is 2.24. The van der Waals surface area contributed by atoms with E-state index in [9.17, 15) is 5.11 Å². The van der Waals surface area contributed by atoms with Gasteiger partial charge in [-0.15, -0.1) is 0 Å². The first-order chi connectivity index (χ1) is 8.24. The van der Waals surface area contributed by atoms with Gasteiger partial charge in [-0.1, -0.05) is 17.7 Å². The molecule has 94 valence electrons. The molecule has 1 aromatic rings. The summed E-state index contributed by atoms with van der Waals surface area (Å²) in [5.74, 6) is 0.944. The van der Waals surface area contributed by atoms with Crippen LogP contribution in [0.1, 0.15) is 24.0 Å². The molecule has 1 atom stereocenters. The maximum Gasteiger partial charge on any atom is 0.123 e. The Hall–Kier alpha value is -1.06.